The minimum Gasteiger partial charge on any atom is -0.457 e. The summed E-state index contributed by atoms with van der Waals surface area (Å²) in [6, 6.07) is 0.454. The average Bonchev–Trinajstić information content (AvgIpc) is 2.75. The zero-order valence-corrected chi connectivity index (χ0v) is 22.1. The monoisotopic (exact) mass is 453 g/mol. The summed E-state index contributed by atoms with van der Waals surface area (Å²) < 4.78 is 5.69. The zero-order chi connectivity index (χ0) is 23.5. The molecule has 1 atom stereocenters. The lowest BCUT2D eigenvalue weighted by Gasteiger charge is -2.35. The summed E-state index contributed by atoms with van der Waals surface area (Å²) in [5, 5.41) is 2.06. The van der Waals surface area contributed by atoms with Gasteiger partial charge < -0.3 is 4.74 Å². The van der Waals surface area contributed by atoms with Crippen LogP contribution in [0.3, 0.4) is 0 Å². The highest BCUT2D eigenvalue weighted by molar-refractivity contribution is 5.69. The lowest BCUT2D eigenvalue weighted by Crippen LogP contribution is -2.42. The quantitative estimate of drug-likeness (QED) is 0.137. The Morgan fingerprint density at radius 1 is 0.812 bits per heavy atom. The molecule has 0 radical (unpaired) electrons. The first-order chi connectivity index (χ1) is 15.4. The van der Waals surface area contributed by atoms with Crippen LogP contribution >= 0.6 is 0 Å². The van der Waals surface area contributed by atoms with Gasteiger partial charge in [-0.3, -0.25) is 9.63 Å². The number of unbranched alkanes of at least 4 members (excludes halogenated alkanes) is 14. The third kappa shape index (κ3) is 16.1. The molecule has 1 aliphatic rings. The second-order valence-electron chi connectivity index (χ2n) is 10.7. The maximum Gasteiger partial charge on any atom is 0.306 e. The van der Waals surface area contributed by atoms with Crippen LogP contribution in [0.25, 0.3) is 0 Å². The van der Waals surface area contributed by atoms with E-state index in [0.717, 1.165) is 19.4 Å². The molecular formula is C28H55NO3. The van der Waals surface area contributed by atoms with Crippen molar-refractivity contribution in [3.63, 3.8) is 0 Å². The molecule has 190 valence electrons. The van der Waals surface area contributed by atoms with Gasteiger partial charge in [0.05, 0.1) is 0 Å². The lowest BCUT2D eigenvalue weighted by atomic mass is 10.0. The van der Waals surface area contributed by atoms with Crippen molar-refractivity contribution in [2.75, 3.05) is 13.2 Å². The Balaban J connectivity index is 1.90. The highest BCUT2D eigenvalue weighted by atomic mass is 16.7. The first kappa shape index (κ1) is 29.4. The van der Waals surface area contributed by atoms with Crippen LogP contribution in [0, 0.1) is 0 Å². The first-order valence-electron chi connectivity index (χ1n) is 14.1. The number of piperidine rings is 1. The van der Waals surface area contributed by atoms with E-state index in [0.29, 0.717) is 19.1 Å². The highest BCUT2D eigenvalue weighted by Gasteiger charge is 2.27. The van der Waals surface area contributed by atoms with Crippen molar-refractivity contribution < 1.29 is 14.4 Å². The molecule has 0 aliphatic carbocycles. The topological polar surface area (TPSA) is 38.8 Å². The van der Waals surface area contributed by atoms with Crippen LogP contribution in [-0.4, -0.2) is 35.8 Å². The Hall–Kier alpha value is -0.610. The van der Waals surface area contributed by atoms with Crippen molar-refractivity contribution >= 4 is 5.97 Å². The summed E-state index contributed by atoms with van der Waals surface area (Å²) in [7, 11) is 0. The van der Waals surface area contributed by atoms with E-state index in [1.807, 2.05) is 13.8 Å². The van der Waals surface area contributed by atoms with E-state index in [-0.39, 0.29) is 5.97 Å². The van der Waals surface area contributed by atoms with Gasteiger partial charge in [-0.15, -0.1) is 0 Å². The second kappa shape index (κ2) is 18.8. The van der Waals surface area contributed by atoms with Gasteiger partial charge >= 0.3 is 5.97 Å². The summed E-state index contributed by atoms with van der Waals surface area (Å²) in [4.78, 5) is 18.2. The van der Waals surface area contributed by atoms with Gasteiger partial charge in [-0.1, -0.05) is 103 Å². The summed E-state index contributed by atoms with van der Waals surface area (Å²) in [5.41, 5.74) is -0.566. The van der Waals surface area contributed by atoms with Crippen molar-refractivity contribution in [2.45, 2.75) is 161 Å². The zero-order valence-electron chi connectivity index (χ0n) is 22.1. The van der Waals surface area contributed by atoms with Crippen LogP contribution in [0.4, 0.5) is 0 Å². The van der Waals surface area contributed by atoms with E-state index in [9.17, 15) is 4.79 Å². The van der Waals surface area contributed by atoms with Crippen LogP contribution in [0.15, 0.2) is 0 Å². The Labute approximate surface area is 200 Å². The van der Waals surface area contributed by atoms with Crippen LogP contribution in [0.1, 0.15) is 150 Å². The molecule has 0 aromatic rings. The summed E-state index contributed by atoms with van der Waals surface area (Å²) in [6.07, 6.45) is 24.2. The largest absolute Gasteiger partial charge is 0.457 e. The van der Waals surface area contributed by atoms with Gasteiger partial charge in [0.1, 0.15) is 12.2 Å². The molecule has 4 heteroatoms. The van der Waals surface area contributed by atoms with Crippen molar-refractivity contribution in [2.24, 2.45) is 0 Å². The normalized spacial score (nSPS) is 17.6. The fourth-order valence-corrected chi connectivity index (χ4v) is 4.53. The van der Waals surface area contributed by atoms with Crippen molar-refractivity contribution in [3.05, 3.63) is 0 Å². The van der Waals surface area contributed by atoms with E-state index in [1.54, 1.807) is 0 Å². The number of nitrogens with zero attached hydrogens (tertiary/aromatic N) is 1. The first-order valence-corrected chi connectivity index (χ1v) is 14.1. The number of rotatable bonds is 20. The molecule has 1 unspecified atom stereocenters. The van der Waals surface area contributed by atoms with Gasteiger partial charge in [-0.05, 0) is 40.0 Å². The number of esters is 1. The lowest BCUT2D eigenvalue weighted by molar-refractivity contribution is -0.228. The Bertz CT molecular complexity index is 452. The van der Waals surface area contributed by atoms with Crippen LogP contribution < -0.4 is 0 Å². The minimum atomic E-state index is -0.566. The molecule has 4 nitrogen and oxygen atoms in total. The maximum atomic E-state index is 12.2. The van der Waals surface area contributed by atoms with E-state index in [1.165, 1.54) is 103 Å². The molecule has 1 aliphatic heterocycles. The van der Waals surface area contributed by atoms with Gasteiger partial charge in [0.15, 0.2) is 0 Å². The summed E-state index contributed by atoms with van der Waals surface area (Å²) >= 11 is 0. The predicted molar refractivity (Wildman–Crippen MR) is 136 cm³/mol. The van der Waals surface area contributed by atoms with Gasteiger partial charge in [0.2, 0.25) is 0 Å². The number of hydrogen-bond acceptors (Lipinski definition) is 4. The van der Waals surface area contributed by atoms with Crippen molar-refractivity contribution in [1.82, 2.24) is 5.06 Å². The predicted octanol–water partition coefficient (Wildman–Crippen LogP) is 8.38. The minimum absolute atomic E-state index is 0.0833. The number of hydroxylamine groups is 2. The van der Waals surface area contributed by atoms with E-state index in [2.05, 4.69) is 18.9 Å². The molecule has 0 spiro atoms. The Morgan fingerprint density at radius 2 is 1.31 bits per heavy atom. The van der Waals surface area contributed by atoms with Gasteiger partial charge in [0.25, 0.3) is 0 Å². The molecule has 1 saturated heterocycles. The maximum absolute atomic E-state index is 12.2. The van der Waals surface area contributed by atoms with Crippen LogP contribution in [0.5, 0.6) is 0 Å². The van der Waals surface area contributed by atoms with E-state index < -0.39 is 5.60 Å². The van der Waals surface area contributed by atoms with E-state index >= 15 is 0 Å². The molecule has 32 heavy (non-hydrogen) atoms. The van der Waals surface area contributed by atoms with Gasteiger partial charge in [-0.25, -0.2) is 0 Å². The summed E-state index contributed by atoms with van der Waals surface area (Å²) in [5.74, 6) is -0.0833. The van der Waals surface area contributed by atoms with Gasteiger partial charge in [-0.2, -0.15) is 5.06 Å². The highest BCUT2D eigenvalue weighted by Crippen LogP contribution is 2.20. The smallest absolute Gasteiger partial charge is 0.306 e. The fraction of sp³-hybridized carbons (Fsp3) is 0.964. The van der Waals surface area contributed by atoms with E-state index in [4.69, 9.17) is 9.57 Å². The third-order valence-electron chi connectivity index (χ3n) is 6.69. The van der Waals surface area contributed by atoms with Crippen LogP contribution in [0.2, 0.25) is 0 Å². The third-order valence-corrected chi connectivity index (χ3v) is 6.69. The molecule has 1 heterocycles. The van der Waals surface area contributed by atoms with Crippen molar-refractivity contribution in [1.29, 1.82) is 0 Å². The van der Waals surface area contributed by atoms with Crippen LogP contribution in [-0.2, 0) is 14.4 Å². The Kier molecular flexibility index (Phi) is 17.3. The number of carbonyl (C=O) groups is 1. The molecule has 0 aromatic heterocycles. The SMILES string of the molecule is CCCCCCCCCCCCCCCCCC(=O)OC(C)(C)CON1CCCCC1C. The average molecular weight is 454 g/mol. The molecule has 0 aromatic carbocycles. The number of carbonyl (C=O) groups excluding carboxylic acids is 1. The standard InChI is InChI=1S/C28H55NO3/c1-5-6-7-8-9-10-11-12-13-14-15-16-17-18-19-23-27(30)32-28(3,4)25-31-29-24-21-20-22-26(29)2/h26H,5-25H2,1-4H3. The molecule has 0 saturated carbocycles. The van der Waals surface area contributed by atoms with Gasteiger partial charge in [0, 0.05) is 19.0 Å². The molecule has 0 amide bonds. The fourth-order valence-electron chi connectivity index (χ4n) is 4.53. The Morgan fingerprint density at radius 3 is 1.81 bits per heavy atom. The second-order valence-corrected chi connectivity index (χ2v) is 10.7. The number of hydrogen-bond donors (Lipinski definition) is 0. The molecule has 0 N–H and O–H groups in total. The van der Waals surface area contributed by atoms with Crippen molar-refractivity contribution in [3.8, 4) is 0 Å². The molecule has 1 rings (SSSR count). The number of ether oxygens (including phenoxy) is 1. The molecule has 0 bridgehead atoms. The summed E-state index contributed by atoms with van der Waals surface area (Å²) in [6.45, 7) is 9.79. The molecular weight excluding hydrogens is 398 g/mol. The molecule has 1 fully saturated rings.